The van der Waals surface area contributed by atoms with Gasteiger partial charge in [0.2, 0.25) is 11.8 Å². The van der Waals surface area contributed by atoms with Crippen LogP contribution in [-0.4, -0.2) is 31.2 Å². The van der Waals surface area contributed by atoms with Crippen molar-refractivity contribution in [3.8, 4) is 11.8 Å². The Balaban J connectivity index is 3.21. The summed E-state index contributed by atoms with van der Waals surface area (Å²) in [6.45, 7) is 6.55. The van der Waals surface area contributed by atoms with E-state index in [1.54, 1.807) is 20.4 Å². The van der Waals surface area contributed by atoms with Crippen LogP contribution in [0.4, 0.5) is 0 Å². The molecule has 5 heteroatoms. The van der Waals surface area contributed by atoms with E-state index in [1.807, 2.05) is 7.05 Å². The van der Waals surface area contributed by atoms with Gasteiger partial charge in [0.05, 0.1) is 26.5 Å². The van der Waals surface area contributed by atoms with Gasteiger partial charge in [0, 0.05) is 0 Å². The number of methoxy groups -OCH3 is 2. The van der Waals surface area contributed by atoms with Gasteiger partial charge in [0.25, 0.3) is 0 Å². The minimum absolute atomic E-state index is 0.0608. The summed E-state index contributed by atoms with van der Waals surface area (Å²) in [5, 5.41) is 3.30. The average molecular weight is 253 g/mol. The Bertz CT molecular complexity index is 394. The molecule has 0 fully saturated rings. The zero-order chi connectivity index (χ0) is 13.8. The van der Waals surface area contributed by atoms with Gasteiger partial charge < -0.3 is 14.8 Å². The molecule has 0 aromatic carbocycles. The van der Waals surface area contributed by atoms with Crippen LogP contribution in [0.25, 0.3) is 0 Å². The number of nitrogens with zero attached hydrogens (tertiary/aromatic N) is 2. The van der Waals surface area contributed by atoms with Crippen molar-refractivity contribution in [2.45, 2.75) is 33.2 Å². The molecular weight excluding hydrogens is 230 g/mol. The lowest BCUT2D eigenvalue weighted by molar-refractivity contribution is 0.231. The molecule has 0 bridgehead atoms. The molecule has 1 rings (SSSR count). The lowest BCUT2D eigenvalue weighted by atomic mass is 9.80. The van der Waals surface area contributed by atoms with Gasteiger partial charge in [0.1, 0.15) is 5.69 Å². The molecule has 0 aliphatic heterocycles. The van der Waals surface area contributed by atoms with E-state index < -0.39 is 0 Å². The first-order chi connectivity index (χ1) is 8.50. The van der Waals surface area contributed by atoms with Crippen LogP contribution in [0.5, 0.6) is 11.8 Å². The van der Waals surface area contributed by atoms with Crippen molar-refractivity contribution >= 4 is 0 Å². The number of ether oxygens (including phenoxy) is 2. The zero-order valence-electron chi connectivity index (χ0n) is 12.1. The van der Waals surface area contributed by atoms with E-state index in [0.717, 1.165) is 12.1 Å². The van der Waals surface area contributed by atoms with E-state index in [-0.39, 0.29) is 11.5 Å². The van der Waals surface area contributed by atoms with Crippen molar-refractivity contribution in [3.63, 3.8) is 0 Å². The highest BCUT2D eigenvalue weighted by molar-refractivity contribution is 5.27. The summed E-state index contributed by atoms with van der Waals surface area (Å²) in [6.07, 6.45) is 2.64. The standard InChI is InChI=1S/C13H23N3O2/c1-7-13(2,3)11(14-4)10-12(18-6)16-9(17-5)8-15-10/h8,11,14H,7H2,1-6H3. The Labute approximate surface area is 109 Å². The first-order valence-corrected chi connectivity index (χ1v) is 6.12. The monoisotopic (exact) mass is 253 g/mol. The van der Waals surface area contributed by atoms with E-state index >= 15 is 0 Å². The molecule has 1 atom stereocenters. The topological polar surface area (TPSA) is 56.3 Å². The molecule has 18 heavy (non-hydrogen) atoms. The van der Waals surface area contributed by atoms with Crippen molar-refractivity contribution in [2.75, 3.05) is 21.3 Å². The summed E-state index contributed by atoms with van der Waals surface area (Å²) in [4.78, 5) is 8.71. The number of nitrogens with one attached hydrogen (secondary N) is 1. The minimum Gasteiger partial charge on any atom is -0.480 e. The second-order valence-corrected chi connectivity index (χ2v) is 4.87. The molecule has 102 valence electrons. The summed E-state index contributed by atoms with van der Waals surface area (Å²) in [7, 11) is 5.08. The number of rotatable bonds is 6. The van der Waals surface area contributed by atoms with E-state index in [0.29, 0.717) is 11.8 Å². The van der Waals surface area contributed by atoms with E-state index in [4.69, 9.17) is 9.47 Å². The molecule has 1 heterocycles. The van der Waals surface area contributed by atoms with Crippen molar-refractivity contribution < 1.29 is 9.47 Å². The maximum atomic E-state index is 5.32. The second kappa shape index (κ2) is 6.00. The Kier molecular flexibility index (Phi) is 4.90. The molecule has 0 saturated heterocycles. The number of hydrogen-bond donors (Lipinski definition) is 1. The zero-order valence-corrected chi connectivity index (χ0v) is 12.1. The molecule has 1 N–H and O–H groups in total. The van der Waals surface area contributed by atoms with Gasteiger partial charge >= 0.3 is 0 Å². The van der Waals surface area contributed by atoms with Crippen LogP contribution < -0.4 is 14.8 Å². The lowest BCUT2D eigenvalue weighted by Crippen LogP contribution is -2.32. The molecular formula is C13H23N3O2. The summed E-state index contributed by atoms with van der Waals surface area (Å²) in [5.41, 5.74) is 0.873. The first kappa shape index (κ1) is 14.7. The van der Waals surface area contributed by atoms with Crippen LogP contribution in [-0.2, 0) is 0 Å². The molecule has 0 aliphatic carbocycles. The maximum absolute atomic E-state index is 5.32. The number of aromatic nitrogens is 2. The Morgan fingerprint density at radius 1 is 1.33 bits per heavy atom. The van der Waals surface area contributed by atoms with Gasteiger partial charge in [0.15, 0.2) is 0 Å². The van der Waals surface area contributed by atoms with Gasteiger partial charge in [-0.15, -0.1) is 0 Å². The Morgan fingerprint density at radius 2 is 2.00 bits per heavy atom. The van der Waals surface area contributed by atoms with Crippen LogP contribution in [0.1, 0.15) is 38.9 Å². The summed E-state index contributed by atoms with van der Waals surface area (Å²) >= 11 is 0. The molecule has 1 unspecified atom stereocenters. The van der Waals surface area contributed by atoms with Crippen LogP contribution in [0.3, 0.4) is 0 Å². The van der Waals surface area contributed by atoms with Crippen LogP contribution in [0.2, 0.25) is 0 Å². The van der Waals surface area contributed by atoms with E-state index in [2.05, 4.69) is 36.1 Å². The van der Waals surface area contributed by atoms with E-state index in [1.165, 1.54) is 0 Å². The molecule has 0 aliphatic rings. The van der Waals surface area contributed by atoms with Crippen LogP contribution in [0, 0.1) is 5.41 Å². The molecule has 0 radical (unpaired) electrons. The quantitative estimate of drug-likeness (QED) is 0.842. The molecule has 0 saturated carbocycles. The van der Waals surface area contributed by atoms with Gasteiger partial charge in [-0.05, 0) is 18.9 Å². The van der Waals surface area contributed by atoms with Crippen molar-refractivity contribution in [2.24, 2.45) is 5.41 Å². The normalized spacial score (nSPS) is 13.2. The first-order valence-electron chi connectivity index (χ1n) is 6.12. The molecule has 0 amide bonds. The summed E-state index contributed by atoms with van der Waals surface area (Å²) in [5.74, 6) is 0.968. The minimum atomic E-state index is 0.0608. The smallest absolute Gasteiger partial charge is 0.240 e. The fraction of sp³-hybridized carbons (Fsp3) is 0.692. The Morgan fingerprint density at radius 3 is 2.44 bits per heavy atom. The van der Waals surface area contributed by atoms with Crippen LogP contribution >= 0.6 is 0 Å². The third-order valence-corrected chi connectivity index (χ3v) is 3.40. The third kappa shape index (κ3) is 2.90. The number of hydrogen-bond acceptors (Lipinski definition) is 5. The third-order valence-electron chi connectivity index (χ3n) is 3.40. The van der Waals surface area contributed by atoms with Crippen molar-refractivity contribution in [1.29, 1.82) is 0 Å². The van der Waals surface area contributed by atoms with Gasteiger partial charge in [-0.3, -0.25) is 0 Å². The molecule has 1 aromatic rings. The molecule has 0 spiro atoms. The molecule has 5 nitrogen and oxygen atoms in total. The summed E-state index contributed by atoms with van der Waals surface area (Å²) < 4.78 is 10.4. The maximum Gasteiger partial charge on any atom is 0.240 e. The van der Waals surface area contributed by atoms with Gasteiger partial charge in [-0.2, -0.15) is 4.98 Å². The predicted molar refractivity (Wildman–Crippen MR) is 71.0 cm³/mol. The predicted octanol–water partition coefficient (Wildman–Crippen LogP) is 2.19. The fourth-order valence-corrected chi connectivity index (χ4v) is 1.91. The van der Waals surface area contributed by atoms with Crippen molar-refractivity contribution in [1.82, 2.24) is 15.3 Å². The fourth-order valence-electron chi connectivity index (χ4n) is 1.91. The lowest BCUT2D eigenvalue weighted by Gasteiger charge is -2.33. The van der Waals surface area contributed by atoms with E-state index in [9.17, 15) is 0 Å². The van der Waals surface area contributed by atoms with Crippen LogP contribution in [0.15, 0.2) is 6.20 Å². The van der Waals surface area contributed by atoms with Gasteiger partial charge in [-0.1, -0.05) is 20.8 Å². The SMILES string of the molecule is CCC(C)(C)C(NC)c1ncc(OC)nc1OC. The highest BCUT2D eigenvalue weighted by Gasteiger charge is 2.32. The average Bonchev–Trinajstić information content (AvgIpc) is 2.39. The second-order valence-electron chi connectivity index (χ2n) is 4.87. The summed E-state index contributed by atoms with van der Waals surface area (Å²) in [6, 6.07) is 0.0795. The molecule has 1 aromatic heterocycles. The highest BCUT2D eigenvalue weighted by atomic mass is 16.5. The Hall–Kier alpha value is -1.36. The highest BCUT2D eigenvalue weighted by Crippen LogP contribution is 2.38. The van der Waals surface area contributed by atoms with Gasteiger partial charge in [-0.25, -0.2) is 4.98 Å². The van der Waals surface area contributed by atoms with Crippen molar-refractivity contribution in [3.05, 3.63) is 11.9 Å². The largest absolute Gasteiger partial charge is 0.480 e.